The summed E-state index contributed by atoms with van der Waals surface area (Å²) in [5.74, 6) is -0.177. The van der Waals surface area contributed by atoms with Crippen LogP contribution in [0, 0.1) is 0 Å². The normalized spacial score (nSPS) is 10.2. The van der Waals surface area contributed by atoms with Crippen molar-refractivity contribution in [3.8, 4) is 5.75 Å². The van der Waals surface area contributed by atoms with Gasteiger partial charge in [0.2, 0.25) is 0 Å². The molecule has 0 radical (unpaired) electrons. The summed E-state index contributed by atoms with van der Waals surface area (Å²) in [6, 6.07) is 20.4. The average molecular weight is 397 g/mol. The Hall–Kier alpha value is -3.35. The van der Waals surface area contributed by atoms with Gasteiger partial charge in [0, 0.05) is 21.8 Å². The largest absolute Gasteiger partial charge is 0.489 e. The van der Waals surface area contributed by atoms with Crippen molar-refractivity contribution in [2.75, 3.05) is 5.32 Å². The van der Waals surface area contributed by atoms with Crippen molar-refractivity contribution in [3.05, 3.63) is 94.5 Å². The van der Waals surface area contributed by atoms with E-state index in [9.17, 15) is 9.59 Å². The molecule has 0 atom stereocenters. The molecule has 0 saturated heterocycles. The summed E-state index contributed by atoms with van der Waals surface area (Å²) >= 11 is 5.90. The Morgan fingerprint density at radius 2 is 1.61 bits per heavy atom. The lowest BCUT2D eigenvalue weighted by molar-refractivity contribution is 0.0706. The molecule has 0 bridgehead atoms. The zero-order valence-electron chi connectivity index (χ0n) is 14.7. The van der Waals surface area contributed by atoms with E-state index in [0.717, 1.165) is 5.56 Å². The maximum atomic E-state index is 12.2. The number of carbonyl (C=O) groups excluding carboxylic acids is 2. The van der Waals surface area contributed by atoms with Crippen molar-refractivity contribution in [1.29, 1.82) is 0 Å². The van der Waals surface area contributed by atoms with E-state index in [2.05, 4.69) is 5.32 Å². The minimum absolute atomic E-state index is 0.247. The number of hydrogen-bond acceptors (Lipinski definition) is 4. The SMILES string of the molecule is O=C(NO)c1ccc(COc2ccc(NC(=O)c3cccc(Cl)c3)cc2)cc1. The van der Waals surface area contributed by atoms with E-state index in [-0.39, 0.29) is 5.91 Å². The molecule has 3 aromatic carbocycles. The van der Waals surface area contributed by atoms with Crippen LogP contribution >= 0.6 is 11.6 Å². The van der Waals surface area contributed by atoms with Crippen molar-refractivity contribution in [3.63, 3.8) is 0 Å². The van der Waals surface area contributed by atoms with Crippen LogP contribution in [0.1, 0.15) is 26.3 Å². The van der Waals surface area contributed by atoms with E-state index in [0.29, 0.717) is 34.2 Å². The smallest absolute Gasteiger partial charge is 0.274 e. The fraction of sp³-hybridized carbons (Fsp3) is 0.0476. The molecule has 0 aromatic heterocycles. The van der Waals surface area contributed by atoms with Crippen LogP contribution in [0.4, 0.5) is 5.69 Å². The van der Waals surface area contributed by atoms with Crippen LogP contribution in [-0.2, 0) is 6.61 Å². The second kappa shape index (κ2) is 9.03. The highest BCUT2D eigenvalue weighted by molar-refractivity contribution is 6.31. The Labute approximate surface area is 166 Å². The molecule has 0 spiro atoms. The van der Waals surface area contributed by atoms with Gasteiger partial charge in [-0.1, -0.05) is 29.8 Å². The van der Waals surface area contributed by atoms with E-state index < -0.39 is 5.91 Å². The van der Waals surface area contributed by atoms with Crippen molar-refractivity contribution < 1.29 is 19.5 Å². The lowest BCUT2D eigenvalue weighted by atomic mass is 10.1. The summed E-state index contributed by atoms with van der Waals surface area (Å²) in [4.78, 5) is 23.5. The van der Waals surface area contributed by atoms with Crippen LogP contribution in [0.3, 0.4) is 0 Å². The van der Waals surface area contributed by atoms with Gasteiger partial charge in [-0.25, -0.2) is 5.48 Å². The number of carbonyl (C=O) groups is 2. The minimum Gasteiger partial charge on any atom is -0.489 e. The number of rotatable bonds is 6. The molecule has 0 fully saturated rings. The molecule has 7 heteroatoms. The summed E-state index contributed by atoms with van der Waals surface area (Å²) in [7, 11) is 0. The van der Waals surface area contributed by atoms with Gasteiger partial charge < -0.3 is 10.1 Å². The van der Waals surface area contributed by atoms with E-state index in [1.165, 1.54) is 0 Å². The fourth-order valence-electron chi connectivity index (χ4n) is 2.45. The molecule has 0 aliphatic rings. The highest BCUT2D eigenvalue weighted by Crippen LogP contribution is 2.19. The molecule has 0 aliphatic carbocycles. The van der Waals surface area contributed by atoms with E-state index >= 15 is 0 Å². The van der Waals surface area contributed by atoms with Crippen molar-refractivity contribution in [2.45, 2.75) is 6.61 Å². The number of ether oxygens (including phenoxy) is 1. The number of hydrogen-bond donors (Lipinski definition) is 3. The van der Waals surface area contributed by atoms with Crippen LogP contribution in [0.15, 0.2) is 72.8 Å². The van der Waals surface area contributed by atoms with Crippen molar-refractivity contribution in [2.24, 2.45) is 0 Å². The molecule has 28 heavy (non-hydrogen) atoms. The molecule has 0 aliphatic heterocycles. The van der Waals surface area contributed by atoms with Gasteiger partial charge in [0.05, 0.1) is 0 Å². The van der Waals surface area contributed by atoms with Gasteiger partial charge in [0.25, 0.3) is 11.8 Å². The van der Waals surface area contributed by atoms with Crippen LogP contribution in [-0.4, -0.2) is 17.0 Å². The third kappa shape index (κ3) is 5.09. The zero-order valence-corrected chi connectivity index (χ0v) is 15.4. The van der Waals surface area contributed by atoms with Gasteiger partial charge in [-0.15, -0.1) is 0 Å². The van der Waals surface area contributed by atoms with Crippen LogP contribution in [0.2, 0.25) is 5.02 Å². The Balaban J connectivity index is 1.55. The number of hydroxylamine groups is 1. The van der Waals surface area contributed by atoms with E-state index in [4.69, 9.17) is 21.5 Å². The van der Waals surface area contributed by atoms with Crippen LogP contribution < -0.4 is 15.5 Å². The number of amides is 2. The summed E-state index contributed by atoms with van der Waals surface area (Å²) in [6.07, 6.45) is 0. The Bertz CT molecular complexity index is 972. The van der Waals surface area contributed by atoms with Gasteiger partial charge in [0.15, 0.2) is 0 Å². The van der Waals surface area contributed by atoms with Gasteiger partial charge in [0.1, 0.15) is 12.4 Å². The van der Waals surface area contributed by atoms with E-state index in [1.54, 1.807) is 78.3 Å². The van der Waals surface area contributed by atoms with Crippen molar-refractivity contribution in [1.82, 2.24) is 5.48 Å². The van der Waals surface area contributed by atoms with Gasteiger partial charge >= 0.3 is 0 Å². The molecule has 3 N–H and O–H groups in total. The summed E-state index contributed by atoms with van der Waals surface area (Å²) in [6.45, 7) is 0.315. The first-order valence-electron chi connectivity index (χ1n) is 8.38. The number of halogens is 1. The van der Waals surface area contributed by atoms with Crippen LogP contribution in [0.25, 0.3) is 0 Å². The minimum atomic E-state index is -0.567. The standard InChI is InChI=1S/C21H17ClN2O4/c22-17-3-1-2-16(12-17)20(25)23-18-8-10-19(11-9-18)28-13-14-4-6-15(7-5-14)21(26)24-27/h1-12,27H,13H2,(H,23,25)(H,24,26). The zero-order chi connectivity index (χ0) is 19.9. The molecule has 0 unspecified atom stereocenters. The monoisotopic (exact) mass is 396 g/mol. The molecule has 0 saturated carbocycles. The first kappa shape index (κ1) is 19.4. The Kier molecular flexibility index (Phi) is 6.26. The predicted molar refractivity (Wildman–Crippen MR) is 106 cm³/mol. The second-order valence-corrected chi connectivity index (χ2v) is 6.35. The molecule has 6 nitrogen and oxygen atoms in total. The van der Waals surface area contributed by atoms with Gasteiger partial charge in [-0.3, -0.25) is 14.8 Å². The molecule has 3 aromatic rings. The van der Waals surface area contributed by atoms with Crippen molar-refractivity contribution >= 4 is 29.1 Å². The second-order valence-electron chi connectivity index (χ2n) is 5.92. The number of benzene rings is 3. The van der Waals surface area contributed by atoms with Gasteiger partial charge in [-0.2, -0.15) is 0 Å². The highest BCUT2D eigenvalue weighted by Gasteiger charge is 2.07. The lowest BCUT2D eigenvalue weighted by Crippen LogP contribution is -2.18. The molecule has 2 amide bonds. The third-order valence-electron chi connectivity index (χ3n) is 3.92. The highest BCUT2D eigenvalue weighted by atomic mass is 35.5. The average Bonchev–Trinajstić information content (AvgIpc) is 2.73. The third-order valence-corrected chi connectivity index (χ3v) is 4.16. The fourth-order valence-corrected chi connectivity index (χ4v) is 2.64. The summed E-state index contributed by atoms with van der Waals surface area (Å²) < 4.78 is 5.70. The van der Waals surface area contributed by atoms with Gasteiger partial charge in [-0.05, 0) is 60.2 Å². The number of anilines is 1. The Morgan fingerprint density at radius 1 is 0.893 bits per heavy atom. The molecular formula is C21H17ClN2O4. The molecule has 0 heterocycles. The van der Waals surface area contributed by atoms with E-state index in [1.807, 2.05) is 0 Å². The summed E-state index contributed by atoms with van der Waals surface area (Å²) in [5.41, 5.74) is 3.92. The van der Waals surface area contributed by atoms with Crippen LogP contribution in [0.5, 0.6) is 5.75 Å². The quantitative estimate of drug-likeness (QED) is 0.428. The topological polar surface area (TPSA) is 87.7 Å². The molecule has 142 valence electrons. The predicted octanol–water partition coefficient (Wildman–Crippen LogP) is 4.29. The number of nitrogens with one attached hydrogen (secondary N) is 2. The maximum absolute atomic E-state index is 12.2. The molecule has 3 rings (SSSR count). The lowest BCUT2D eigenvalue weighted by Gasteiger charge is -2.09. The Morgan fingerprint density at radius 3 is 2.25 bits per heavy atom. The first-order valence-corrected chi connectivity index (χ1v) is 8.76. The summed E-state index contributed by atoms with van der Waals surface area (Å²) in [5, 5.41) is 11.9. The molecular weight excluding hydrogens is 380 g/mol. The first-order chi connectivity index (χ1) is 13.5. The maximum Gasteiger partial charge on any atom is 0.274 e.